The molecule has 2 aromatic heterocycles. The van der Waals surface area contributed by atoms with Crippen molar-refractivity contribution in [3.63, 3.8) is 0 Å². The van der Waals surface area contributed by atoms with E-state index in [0.29, 0.717) is 58.5 Å². The highest BCUT2D eigenvalue weighted by Crippen LogP contribution is 2.24. The molecule has 0 saturated carbocycles. The number of fused-ring (bicyclic) bond motifs is 32. The molecule has 82 heavy (non-hydrogen) atoms. The average molecular weight is 1130 g/mol. The predicted octanol–water partition coefficient (Wildman–Crippen LogP) is 1.46. The third-order valence-corrected chi connectivity index (χ3v) is 14.4. The molecule has 5 heterocycles. The Balaban J connectivity index is 1.14. The van der Waals surface area contributed by atoms with Gasteiger partial charge in [0.05, 0.1) is 20.0 Å². The van der Waals surface area contributed by atoms with Crippen molar-refractivity contribution < 1.29 is 57.0 Å². The fourth-order valence-electron chi connectivity index (χ4n) is 9.81. The Bertz CT molecular complexity index is 3060. The third kappa shape index (κ3) is 17.1. The Morgan fingerprint density at radius 2 is 1.33 bits per heavy atom. The maximum Gasteiger partial charge on any atom is 0.246 e. The Morgan fingerprint density at radius 1 is 0.671 bits per heavy atom. The number of amides is 9. The number of halogens is 1. The number of nitrogens with zero attached hydrogens (tertiary/aromatic N) is 3. The quantitative estimate of drug-likeness (QED) is 0.0999. The van der Waals surface area contributed by atoms with E-state index in [-0.39, 0.29) is 83.0 Å². The van der Waals surface area contributed by atoms with Gasteiger partial charge < -0.3 is 66.5 Å². The van der Waals surface area contributed by atoms with Gasteiger partial charge in [-0.2, -0.15) is 0 Å². The largest absolute Gasteiger partial charge is 0.497 e. The molecule has 9 amide bonds. The molecule has 23 nitrogen and oxygen atoms in total. The predicted molar refractivity (Wildman–Crippen MR) is 299 cm³/mol. The van der Waals surface area contributed by atoms with Crippen LogP contribution >= 0.6 is 0 Å². The molecule has 1 fully saturated rings. The zero-order chi connectivity index (χ0) is 58.9. The minimum atomic E-state index is -1.42. The number of aryl methyl sites for hydroxylation is 2. The number of nitrogens with one attached hydrogen (secondary N) is 9. The molecule has 0 aliphatic carbocycles. The minimum Gasteiger partial charge on any atom is -0.497 e. The van der Waals surface area contributed by atoms with Gasteiger partial charge in [0.25, 0.3) is 0 Å². The van der Waals surface area contributed by atoms with E-state index in [9.17, 15) is 47.5 Å². The second-order valence-corrected chi connectivity index (χ2v) is 20.7. The molecular weight excluding hydrogens is 1060 g/mol. The van der Waals surface area contributed by atoms with E-state index < -0.39 is 89.5 Å². The highest BCUT2D eigenvalue weighted by Gasteiger charge is 2.39. The number of rotatable bonds is 8. The molecular formula is C58H73FN12O11. The summed E-state index contributed by atoms with van der Waals surface area (Å²) in [5, 5.41) is 22.3. The second-order valence-electron chi connectivity index (χ2n) is 20.7. The number of methoxy groups -OCH3 is 1. The van der Waals surface area contributed by atoms with Gasteiger partial charge >= 0.3 is 0 Å². The number of aromatic nitrogens is 3. The van der Waals surface area contributed by atoms with Crippen LogP contribution in [-0.2, 0) is 75.9 Å². The van der Waals surface area contributed by atoms with Crippen molar-refractivity contribution in [3.8, 4) is 11.5 Å². The molecule has 1 saturated heterocycles. The van der Waals surface area contributed by atoms with Gasteiger partial charge in [0.2, 0.25) is 53.2 Å². The maximum absolute atomic E-state index is 14.8. The summed E-state index contributed by atoms with van der Waals surface area (Å²) in [6, 6.07) is 9.94. The van der Waals surface area contributed by atoms with Crippen molar-refractivity contribution in [1.29, 1.82) is 0 Å². The number of hydrogen-bond acceptors (Lipinski definition) is 12. The summed E-state index contributed by atoms with van der Waals surface area (Å²) in [5.41, 5.74) is 3.33. The highest BCUT2D eigenvalue weighted by atomic mass is 19.1. The van der Waals surface area contributed by atoms with Gasteiger partial charge in [0.15, 0.2) is 0 Å². The van der Waals surface area contributed by atoms with E-state index in [2.05, 4.69) is 52.5 Å². The Morgan fingerprint density at radius 3 is 2.04 bits per heavy atom. The van der Waals surface area contributed by atoms with E-state index in [1.165, 1.54) is 51.2 Å². The van der Waals surface area contributed by atoms with E-state index >= 15 is 0 Å². The lowest BCUT2D eigenvalue weighted by Gasteiger charge is -2.30. The molecule has 9 N–H and O–H groups in total. The Hall–Kier alpha value is -8.83. The van der Waals surface area contributed by atoms with Crippen LogP contribution in [0, 0.1) is 5.82 Å². The van der Waals surface area contributed by atoms with Crippen LogP contribution in [0.2, 0.25) is 0 Å². The van der Waals surface area contributed by atoms with Crippen molar-refractivity contribution in [2.24, 2.45) is 7.05 Å². The van der Waals surface area contributed by atoms with Crippen LogP contribution in [0.25, 0.3) is 10.9 Å². The molecule has 3 aromatic carbocycles. The SMILES string of the molecule is COc1ccc(C[C@@H]2NC(=O)[C@H](CCc3cnc[nH]3)NC(=O)[C@H](C)NC(=O)[C@H](Cc3cn(C)c4ccc(F)cc34)NC(=O)[C@H](C)NC(=O)[C@@H](C)NC(=O)CCCC(=O)NCCOc3ccc(cc3)CCNC(=O)C3CCCN3C2=O)cc1. The summed E-state index contributed by atoms with van der Waals surface area (Å²) in [7, 11) is 3.25. The summed E-state index contributed by atoms with van der Waals surface area (Å²) in [4.78, 5) is 133. The third-order valence-electron chi connectivity index (χ3n) is 14.4. The molecule has 24 heteroatoms. The monoisotopic (exact) mass is 1130 g/mol. The van der Waals surface area contributed by atoms with Gasteiger partial charge in [-0.25, -0.2) is 9.37 Å². The van der Waals surface area contributed by atoms with Crippen LogP contribution < -0.4 is 52.0 Å². The highest BCUT2D eigenvalue weighted by molar-refractivity contribution is 5.98. The summed E-state index contributed by atoms with van der Waals surface area (Å²) in [6.07, 6.45) is 6.30. The molecule has 0 spiro atoms. The number of aromatic amines is 1. The summed E-state index contributed by atoms with van der Waals surface area (Å²) in [5.74, 6) is -4.95. The number of H-pyrrole nitrogens is 1. The smallest absolute Gasteiger partial charge is 0.246 e. The van der Waals surface area contributed by atoms with Crippen LogP contribution in [0.1, 0.15) is 81.7 Å². The standard InChI is InChI=1S/C58H73FN12O11/c1-34-52(74)65-35(2)54(76)68-46(29-39-32-70(4)48-22-15-40(59)30-44(39)48)56(78)66-36(3)53(75)67-45(21-16-41-31-60-33-63-41)55(77)69-47(28-38-13-17-42(81-5)18-14-38)58(80)71-26-7-8-49(71)57(79)62-24-23-37-11-19-43(20-12-37)82-27-25-61-50(72)9-6-10-51(73)64-34/h11-15,17-20,22,30-36,45-47,49H,6-10,16,21,23-29H2,1-5H3,(H,60,63)(H,61,72)(H,62,79)(H,64,73)(H,65,74)(H,66,78)(H,67,75)(H,68,76)(H,69,77)/t34-,35+,36+,45+,46+,47+,49?/m1/s1. The number of ether oxygens (including phenoxy) is 2. The van der Waals surface area contributed by atoms with Gasteiger partial charge in [-0.05, 0) is 118 Å². The first-order chi connectivity index (χ1) is 39.3. The molecule has 5 aromatic rings. The first-order valence-electron chi connectivity index (χ1n) is 27.6. The van der Waals surface area contributed by atoms with Crippen molar-refractivity contribution in [2.75, 3.05) is 33.4 Å². The van der Waals surface area contributed by atoms with Crippen LogP contribution in [0.4, 0.5) is 4.39 Å². The number of carbonyl (C=O) groups is 9. The number of imidazole rings is 1. The van der Waals surface area contributed by atoms with Gasteiger partial charge in [0, 0.05) is 74.8 Å². The normalized spacial score (nSPS) is 23.2. The molecule has 7 atom stereocenters. The average Bonchev–Trinajstić information content (AvgIpc) is 4.39. The van der Waals surface area contributed by atoms with Crippen LogP contribution in [-0.4, -0.2) is 148 Å². The first kappa shape index (κ1) is 60.8. The molecule has 2 bridgehead atoms. The fraction of sp³-hybridized carbons (Fsp3) is 0.448. The lowest BCUT2D eigenvalue weighted by molar-refractivity contribution is -0.141. The van der Waals surface area contributed by atoms with Crippen molar-refractivity contribution in [3.05, 3.63) is 114 Å². The topological polar surface area (TPSA) is 305 Å². The molecule has 438 valence electrons. The van der Waals surface area contributed by atoms with Crippen molar-refractivity contribution >= 4 is 64.1 Å². The minimum absolute atomic E-state index is 0.00902. The van der Waals surface area contributed by atoms with Gasteiger partial charge in [0.1, 0.15) is 66.2 Å². The van der Waals surface area contributed by atoms with Gasteiger partial charge in [-0.15, -0.1) is 0 Å². The summed E-state index contributed by atoms with van der Waals surface area (Å²) in [6.45, 7) is 5.08. The van der Waals surface area contributed by atoms with E-state index in [1.54, 1.807) is 66.5 Å². The molecule has 0 radical (unpaired) electrons. The molecule has 3 aliphatic heterocycles. The molecule has 8 rings (SSSR count). The van der Waals surface area contributed by atoms with Gasteiger partial charge in [-0.1, -0.05) is 24.3 Å². The number of carbonyl (C=O) groups excluding carboxylic acids is 9. The second kappa shape index (κ2) is 29.1. The maximum atomic E-state index is 14.8. The lowest BCUT2D eigenvalue weighted by atomic mass is 10.0. The summed E-state index contributed by atoms with van der Waals surface area (Å²) >= 11 is 0. The zero-order valence-electron chi connectivity index (χ0n) is 46.7. The number of benzene rings is 3. The van der Waals surface area contributed by atoms with Crippen LogP contribution in [0.3, 0.4) is 0 Å². The molecule has 3 aliphatic rings. The number of hydrogen-bond donors (Lipinski definition) is 9. The van der Waals surface area contributed by atoms with Gasteiger partial charge in [-0.3, -0.25) is 43.2 Å². The first-order valence-corrected chi connectivity index (χ1v) is 27.6. The van der Waals surface area contributed by atoms with E-state index in [0.717, 1.165) is 5.56 Å². The summed E-state index contributed by atoms with van der Waals surface area (Å²) < 4.78 is 27.6. The van der Waals surface area contributed by atoms with E-state index in [1.807, 2.05) is 12.1 Å². The Labute approximate surface area is 474 Å². The van der Waals surface area contributed by atoms with Crippen molar-refractivity contribution in [1.82, 2.24) is 62.0 Å². The van der Waals surface area contributed by atoms with E-state index in [4.69, 9.17) is 9.47 Å². The van der Waals surface area contributed by atoms with Crippen LogP contribution in [0.5, 0.6) is 11.5 Å². The molecule has 1 unspecified atom stereocenters. The zero-order valence-corrected chi connectivity index (χ0v) is 46.7. The fourth-order valence-corrected chi connectivity index (χ4v) is 9.81. The van der Waals surface area contributed by atoms with Crippen molar-refractivity contribution in [2.45, 2.75) is 127 Å². The Kier molecular flexibility index (Phi) is 21.5. The van der Waals surface area contributed by atoms with Crippen LogP contribution in [0.15, 0.2) is 85.5 Å². The lowest BCUT2D eigenvalue weighted by Crippen LogP contribution is -2.60.